The predicted octanol–water partition coefficient (Wildman–Crippen LogP) is 2.09. The van der Waals surface area contributed by atoms with E-state index in [1.54, 1.807) is 37.4 Å². The van der Waals surface area contributed by atoms with Gasteiger partial charge in [0.2, 0.25) is 11.9 Å². The summed E-state index contributed by atoms with van der Waals surface area (Å²) in [4.78, 5) is 31.4. The molecule has 0 radical (unpaired) electrons. The Morgan fingerprint density at radius 2 is 1.76 bits per heavy atom. The molecule has 6 heteroatoms. The van der Waals surface area contributed by atoms with Crippen LogP contribution in [-0.2, 0) is 4.79 Å². The van der Waals surface area contributed by atoms with Gasteiger partial charge < -0.3 is 4.74 Å². The summed E-state index contributed by atoms with van der Waals surface area (Å²) in [5.41, 5.74) is 0.555. The third-order valence-electron chi connectivity index (χ3n) is 2.81. The lowest BCUT2D eigenvalue weighted by atomic mass is 10.1. The highest BCUT2D eigenvalue weighted by atomic mass is 16.5. The molecule has 1 aromatic carbocycles. The van der Waals surface area contributed by atoms with Gasteiger partial charge in [0.25, 0.3) is 0 Å². The van der Waals surface area contributed by atoms with Gasteiger partial charge in [-0.1, -0.05) is 0 Å². The molecule has 0 aliphatic heterocycles. The van der Waals surface area contributed by atoms with E-state index >= 15 is 0 Å². The van der Waals surface area contributed by atoms with Crippen LogP contribution in [0.25, 0.3) is 0 Å². The van der Waals surface area contributed by atoms with Crippen molar-refractivity contribution in [3.8, 4) is 5.75 Å². The fourth-order valence-corrected chi connectivity index (χ4v) is 1.70. The molecule has 0 fully saturated rings. The molecule has 1 amide bonds. The Bertz CT molecular complexity index is 612. The quantitative estimate of drug-likeness (QED) is 0.822. The van der Waals surface area contributed by atoms with Crippen molar-refractivity contribution in [2.45, 2.75) is 12.8 Å². The lowest BCUT2D eigenvalue weighted by molar-refractivity contribution is -0.116. The number of carbonyl (C=O) groups excluding carboxylic acids is 2. The van der Waals surface area contributed by atoms with Gasteiger partial charge in [-0.15, -0.1) is 0 Å². The lowest BCUT2D eigenvalue weighted by Crippen LogP contribution is -2.15. The molecule has 108 valence electrons. The molecule has 2 rings (SSSR count). The average Bonchev–Trinajstić information content (AvgIpc) is 2.53. The third kappa shape index (κ3) is 4.38. The highest BCUT2D eigenvalue weighted by Crippen LogP contribution is 2.13. The molecular formula is C15H15N3O3. The summed E-state index contributed by atoms with van der Waals surface area (Å²) in [7, 11) is 1.56. The number of hydrogen-bond acceptors (Lipinski definition) is 5. The van der Waals surface area contributed by atoms with Crippen LogP contribution < -0.4 is 10.1 Å². The zero-order valence-electron chi connectivity index (χ0n) is 11.6. The van der Waals surface area contributed by atoms with Crippen LogP contribution in [0.1, 0.15) is 23.2 Å². The minimum absolute atomic E-state index is 0.0864. The molecule has 1 N–H and O–H groups in total. The van der Waals surface area contributed by atoms with E-state index in [2.05, 4.69) is 15.3 Å². The Kier molecular flexibility index (Phi) is 4.98. The summed E-state index contributed by atoms with van der Waals surface area (Å²) in [5, 5.41) is 2.53. The summed E-state index contributed by atoms with van der Waals surface area (Å²) >= 11 is 0. The van der Waals surface area contributed by atoms with Crippen molar-refractivity contribution in [2.75, 3.05) is 12.4 Å². The molecule has 0 saturated heterocycles. The first kappa shape index (κ1) is 14.6. The normalized spacial score (nSPS) is 9.95. The van der Waals surface area contributed by atoms with Crippen molar-refractivity contribution in [1.29, 1.82) is 0 Å². The molecule has 0 spiro atoms. The number of methoxy groups -OCH3 is 1. The highest BCUT2D eigenvalue weighted by Gasteiger charge is 2.10. The van der Waals surface area contributed by atoms with E-state index in [9.17, 15) is 9.59 Å². The number of nitrogens with one attached hydrogen (secondary N) is 1. The highest BCUT2D eigenvalue weighted by molar-refractivity contribution is 5.99. The number of carbonyl (C=O) groups is 2. The molecule has 2 aromatic rings. The molecule has 21 heavy (non-hydrogen) atoms. The molecule has 0 bridgehead atoms. The summed E-state index contributed by atoms with van der Waals surface area (Å²) in [6, 6.07) is 8.44. The number of benzene rings is 1. The lowest BCUT2D eigenvalue weighted by Gasteiger charge is -2.04. The molecule has 0 aliphatic carbocycles. The van der Waals surface area contributed by atoms with Crippen molar-refractivity contribution in [3.05, 3.63) is 48.3 Å². The maximum atomic E-state index is 11.9. The summed E-state index contributed by atoms with van der Waals surface area (Å²) in [6.07, 6.45) is 3.28. The van der Waals surface area contributed by atoms with Gasteiger partial charge in [0.05, 0.1) is 7.11 Å². The first-order valence-corrected chi connectivity index (χ1v) is 6.43. The topological polar surface area (TPSA) is 81.2 Å². The van der Waals surface area contributed by atoms with E-state index in [4.69, 9.17) is 4.74 Å². The fourth-order valence-electron chi connectivity index (χ4n) is 1.70. The first-order valence-electron chi connectivity index (χ1n) is 6.43. The second-order valence-corrected chi connectivity index (χ2v) is 4.27. The van der Waals surface area contributed by atoms with E-state index in [1.807, 2.05) is 0 Å². The van der Waals surface area contributed by atoms with Crippen LogP contribution >= 0.6 is 0 Å². The van der Waals surface area contributed by atoms with E-state index in [0.717, 1.165) is 0 Å². The number of anilines is 1. The van der Waals surface area contributed by atoms with Crippen LogP contribution in [0, 0.1) is 0 Å². The Morgan fingerprint density at radius 1 is 1.10 bits per heavy atom. The molecular weight excluding hydrogens is 270 g/mol. The molecule has 0 aliphatic rings. The summed E-state index contributed by atoms with van der Waals surface area (Å²) in [5.74, 6) is 0.537. The zero-order valence-corrected chi connectivity index (χ0v) is 11.6. The maximum absolute atomic E-state index is 11.9. The standard InChI is InChI=1S/C15H15N3O3/c1-21-12-5-3-11(4-6-12)13(19)7-8-14(20)18-15-16-9-2-10-17-15/h2-6,9-10H,7-8H2,1H3,(H,16,17,18,20). The molecule has 1 aromatic heterocycles. The Morgan fingerprint density at radius 3 is 2.38 bits per heavy atom. The van der Waals surface area contributed by atoms with Gasteiger partial charge in [-0.05, 0) is 30.3 Å². The van der Waals surface area contributed by atoms with Gasteiger partial charge in [0.1, 0.15) is 5.75 Å². The van der Waals surface area contributed by atoms with Gasteiger partial charge in [0, 0.05) is 30.8 Å². The van der Waals surface area contributed by atoms with Crippen molar-refractivity contribution < 1.29 is 14.3 Å². The third-order valence-corrected chi connectivity index (χ3v) is 2.81. The van der Waals surface area contributed by atoms with Gasteiger partial charge >= 0.3 is 0 Å². The first-order chi connectivity index (χ1) is 10.2. The van der Waals surface area contributed by atoms with Gasteiger partial charge in [-0.25, -0.2) is 9.97 Å². The largest absolute Gasteiger partial charge is 0.497 e. The average molecular weight is 285 g/mol. The van der Waals surface area contributed by atoms with Crippen molar-refractivity contribution in [3.63, 3.8) is 0 Å². The van der Waals surface area contributed by atoms with Crippen molar-refractivity contribution in [1.82, 2.24) is 9.97 Å². The number of rotatable bonds is 6. The van der Waals surface area contributed by atoms with Crippen LogP contribution in [0.5, 0.6) is 5.75 Å². The fraction of sp³-hybridized carbons (Fsp3) is 0.200. The van der Waals surface area contributed by atoms with Crippen LogP contribution in [0.2, 0.25) is 0 Å². The van der Waals surface area contributed by atoms with Crippen LogP contribution in [-0.4, -0.2) is 28.8 Å². The Hall–Kier alpha value is -2.76. The van der Waals surface area contributed by atoms with E-state index in [1.165, 1.54) is 12.4 Å². The minimum Gasteiger partial charge on any atom is -0.497 e. The predicted molar refractivity (Wildman–Crippen MR) is 77.2 cm³/mol. The monoisotopic (exact) mass is 285 g/mol. The Balaban J connectivity index is 1.84. The van der Waals surface area contributed by atoms with Crippen LogP contribution in [0.3, 0.4) is 0 Å². The van der Waals surface area contributed by atoms with Crippen LogP contribution in [0.4, 0.5) is 5.95 Å². The van der Waals surface area contributed by atoms with Crippen LogP contribution in [0.15, 0.2) is 42.7 Å². The smallest absolute Gasteiger partial charge is 0.229 e. The van der Waals surface area contributed by atoms with Crippen molar-refractivity contribution >= 4 is 17.6 Å². The number of amides is 1. The number of ether oxygens (including phenoxy) is 1. The number of Topliss-reactive ketones (excluding diaryl/α,β-unsaturated/α-hetero) is 1. The number of nitrogens with zero attached hydrogens (tertiary/aromatic N) is 2. The van der Waals surface area contributed by atoms with Crippen molar-refractivity contribution in [2.24, 2.45) is 0 Å². The molecule has 0 unspecified atom stereocenters. The van der Waals surface area contributed by atoms with Gasteiger partial charge in [0.15, 0.2) is 5.78 Å². The number of ketones is 1. The molecule has 0 saturated carbocycles. The summed E-state index contributed by atoms with van der Waals surface area (Å²) in [6.45, 7) is 0. The second kappa shape index (κ2) is 7.14. The SMILES string of the molecule is COc1ccc(C(=O)CCC(=O)Nc2ncccn2)cc1. The zero-order chi connectivity index (χ0) is 15.1. The molecule has 6 nitrogen and oxygen atoms in total. The number of hydrogen-bond donors (Lipinski definition) is 1. The van der Waals surface area contributed by atoms with Gasteiger partial charge in [-0.2, -0.15) is 0 Å². The molecule has 0 atom stereocenters. The van der Waals surface area contributed by atoms with E-state index in [0.29, 0.717) is 11.3 Å². The van der Waals surface area contributed by atoms with E-state index in [-0.39, 0.29) is 30.5 Å². The number of aromatic nitrogens is 2. The van der Waals surface area contributed by atoms with E-state index < -0.39 is 0 Å². The minimum atomic E-state index is -0.289. The molecule has 1 heterocycles. The second-order valence-electron chi connectivity index (χ2n) is 4.27. The Labute approximate surface area is 122 Å². The maximum Gasteiger partial charge on any atom is 0.229 e. The summed E-state index contributed by atoms with van der Waals surface area (Å²) < 4.78 is 5.02. The van der Waals surface area contributed by atoms with Gasteiger partial charge in [-0.3, -0.25) is 14.9 Å².